The Labute approximate surface area is 151 Å². The average Bonchev–Trinajstić information content (AvgIpc) is 3.09. The SMILES string of the molecule is Cc1ccc(S(=O)(=O)N2C3CC2CN(c2ccc4nncn4n2)C3)cc1. The van der Waals surface area contributed by atoms with Crippen molar-refractivity contribution in [3.05, 3.63) is 48.3 Å². The van der Waals surface area contributed by atoms with Gasteiger partial charge in [0.25, 0.3) is 0 Å². The number of hydrogen-bond acceptors (Lipinski definition) is 6. The smallest absolute Gasteiger partial charge is 0.243 e. The average molecular weight is 370 g/mol. The Bertz CT molecular complexity index is 1070. The van der Waals surface area contributed by atoms with Crippen molar-refractivity contribution in [2.24, 2.45) is 0 Å². The summed E-state index contributed by atoms with van der Waals surface area (Å²) < 4.78 is 29.3. The first-order valence-electron chi connectivity index (χ1n) is 8.54. The molecule has 2 atom stereocenters. The van der Waals surface area contributed by atoms with E-state index in [2.05, 4.69) is 20.2 Å². The second kappa shape index (κ2) is 5.49. The molecule has 26 heavy (non-hydrogen) atoms. The molecule has 2 aromatic heterocycles. The van der Waals surface area contributed by atoms with E-state index in [9.17, 15) is 8.42 Å². The van der Waals surface area contributed by atoms with E-state index < -0.39 is 10.0 Å². The number of sulfonamides is 1. The van der Waals surface area contributed by atoms with Crippen molar-refractivity contribution < 1.29 is 8.42 Å². The normalized spacial score (nSPS) is 23.2. The third-order valence-corrected chi connectivity index (χ3v) is 7.21. The van der Waals surface area contributed by atoms with Gasteiger partial charge < -0.3 is 4.90 Å². The molecule has 0 N–H and O–H groups in total. The molecule has 3 aliphatic rings. The molecule has 3 fully saturated rings. The van der Waals surface area contributed by atoms with Crippen molar-refractivity contribution >= 4 is 21.5 Å². The van der Waals surface area contributed by atoms with Crippen LogP contribution in [0.1, 0.15) is 12.0 Å². The molecule has 0 spiro atoms. The van der Waals surface area contributed by atoms with Gasteiger partial charge in [0, 0.05) is 25.2 Å². The van der Waals surface area contributed by atoms with Gasteiger partial charge in [-0.1, -0.05) is 17.7 Å². The monoisotopic (exact) mass is 370 g/mol. The first kappa shape index (κ1) is 15.7. The van der Waals surface area contributed by atoms with E-state index in [1.165, 1.54) is 0 Å². The zero-order valence-corrected chi connectivity index (χ0v) is 15.0. The highest BCUT2D eigenvalue weighted by atomic mass is 32.2. The summed E-state index contributed by atoms with van der Waals surface area (Å²) in [6.45, 7) is 3.23. The van der Waals surface area contributed by atoms with Crippen LogP contribution in [-0.2, 0) is 10.0 Å². The van der Waals surface area contributed by atoms with Gasteiger partial charge in [0.2, 0.25) is 10.0 Å². The molecule has 5 heterocycles. The molecule has 134 valence electrons. The number of aryl methyl sites for hydroxylation is 1. The van der Waals surface area contributed by atoms with Crippen LogP contribution in [0.5, 0.6) is 0 Å². The minimum Gasteiger partial charge on any atom is -0.352 e. The van der Waals surface area contributed by atoms with Gasteiger partial charge in [-0.2, -0.15) is 8.82 Å². The highest BCUT2D eigenvalue weighted by Crippen LogP contribution is 2.38. The van der Waals surface area contributed by atoms with Crippen LogP contribution in [0, 0.1) is 6.92 Å². The predicted molar refractivity (Wildman–Crippen MR) is 95.4 cm³/mol. The Balaban J connectivity index is 1.39. The fraction of sp³-hybridized carbons (Fsp3) is 0.353. The van der Waals surface area contributed by atoms with Gasteiger partial charge in [0.1, 0.15) is 12.1 Å². The topological polar surface area (TPSA) is 83.7 Å². The summed E-state index contributed by atoms with van der Waals surface area (Å²) in [7, 11) is -3.45. The maximum absolute atomic E-state index is 13.0. The van der Waals surface area contributed by atoms with Gasteiger partial charge in [-0.15, -0.1) is 15.3 Å². The van der Waals surface area contributed by atoms with Crippen LogP contribution in [0.3, 0.4) is 0 Å². The molecule has 0 aliphatic carbocycles. The van der Waals surface area contributed by atoms with E-state index in [1.54, 1.807) is 27.3 Å². The number of rotatable bonds is 3. The third kappa shape index (κ3) is 2.31. The number of piperazine rings is 1. The van der Waals surface area contributed by atoms with Crippen LogP contribution in [0.4, 0.5) is 5.82 Å². The molecule has 1 aromatic carbocycles. The Morgan fingerprint density at radius 1 is 1.04 bits per heavy atom. The molecule has 6 rings (SSSR count). The fourth-order valence-corrected chi connectivity index (χ4v) is 5.69. The molecule has 2 unspecified atom stereocenters. The number of fused-ring (bicyclic) bond motifs is 3. The lowest BCUT2D eigenvalue weighted by Gasteiger charge is -2.55. The van der Waals surface area contributed by atoms with Crippen molar-refractivity contribution in [2.75, 3.05) is 18.0 Å². The predicted octanol–water partition coefficient (Wildman–Crippen LogP) is 1.08. The first-order chi connectivity index (χ1) is 12.5. The van der Waals surface area contributed by atoms with Gasteiger partial charge in [-0.05, 0) is 37.6 Å². The van der Waals surface area contributed by atoms with Crippen molar-refractivity contribution in [2.45, 2.75) is 30.3 Å². The van der Waals surface area contributed by atoms with Crippen molar-refractivity contribution in [3.63, 3.8) is 0 Å². The van der Waals surface area contributed by atoms with Crippen LogP contribution in [0.25, 0.3) is 5.65 Å². The second-order valence-electron chi connectivity index (χ2n) is 6.92. The van der Waals surface area contributed by atoms with Crippen LogP contribution >= 0.6 is 0 Å². The number of benzene rings is 1. The summed E-state index contributed by atoms with van der Waals surface area (Å²) in [6.07, 6.45) is 2.47. The quantitative estimate of drug-likeness (QED) is 0.686. The summed E-state index contributed by atoms with van der Waals surface area (Å²) in [4.78, 5) is 2.51. The summed E-state index contributed by atoms with van der Waals surface area (Å²) in [5.41, 5.74) is 1.74. The molecule has 8 nitrogen and oxygen atoms in total. The molecule has 0 saturated carbocycles. The van der Waals surface area contributed by atoms with Crippen LogP contribution < -0.4 is 4.90 Å². The Hall–Kier alpha value is -2.52. The van der Waals surface area contributed by atoms with Crippen molar-refractivity contribution in [3.8, 4) is 0 Å². The van der Waals surface area contributed by atoms with E-state index in [4.69, 9.17) is 0 Å². The van der Waals surface area contributed by atoms with E-state index in [0.717, 1.165) is 17.8 Å². The molecule has 3 aliphatic heterocycles. The molecule has 0 radical (unpaired) electrons. The van der Waals surface area contributed by atoms with E-state index >= 15 is 0 Å². The maximum atomic E-state index is 13.0. The van der Waals surface area contributed by atoms with Gasteiger partial charge in [0.15, 0.2) is 5.65 Å². The minimum atomic E-state index is -3.45. The van der Waals surface area contributed by atoms with Gasteiger partial charge >= 0.3 is 0 Å². The zero-order chi connectivity index (χ0) is 17.9. The number of piperidine rings is 1. The number of nitrogens with zero attached hydrogens (tertiary/aromatic N) is 6. The highest BCUT2D eigenvalue weighted by Gasteiger charge is 2.51. The lowest BCUT2D eigenvalue weighted by molar-refractivity contribution is 0.0873. The van der Waals surface area contributed by atoms with Crippen LogP contribution in [-0.4, -0.2) is 57.7 Å². The molecular formula is C17H18N6O2S. The van der Waals surface area contributed by atoms with Gasteiger partial charge in [-0.3, -0.25) is 0 Å². The van der Waals surface area contributed by atoms with Crippen LogP contribution in [0.2, 0.25) is 0 Å². The van der Waals surface area contributed by atoms with Gasteiger partial charge in [0.05, 0.1) is 4.90 Å². The van der Waals surface area contributed by atoms with Crippen LogP contribution in [0.15, 0.2) is 47.6 Å². The van der Waals surface area contributed by atoms with E-state index in [0.29, 0.717) is 23.6 Å². The summed E-state index contributed by atoms with van der Waals surface area (Å²) in [5.74, 6) is 0.819. The number of aromatic nitrogens is 4. The summed E-state index contributed by atoms with van der Waals surface area (Å²) in [6, 6.07) is 10.8. The first-order valence-corrected chi connectivity index (χ1v) is 9.98. The zero-order valence-electron chi connectivity index (χ0n) is 14.2. The molecule has 3 saturated heterocycles. The fourth-order valence-electron chi connectivity index (χ4n) is 3.87. The minimum absolute atomic E-state index is 0.0153. The third-order valence-electron chi connectivity index (χ3n) is 5.19. The van der Waals surface area contributed by atoms with Gasteiger partial charge in [-0.25, -0.2) is 8.42 Å². The molecule has 2 bridgehead atoms. The Morgan fingerprint density at radius 2 is 1.77 bits per heavy atom. The Kier molecular flexibility index (Phi) is 3.32. The molecule has 0 amide bonds. The number of anilines is 1. The van der Waals surface area contributed by atoms with E-state index in [1.807, 2.05) is 31.2 Å². The largest absolute Gasteiger partial charge is 0.352 e. The second-order valence-corrected chi connectivity index (χ2v) is 8.76. The maximum Gasteiger partial charge on any atom is 0.243 e. The standard InChI is InChI=1S/C17H18N6O2S/c1-12-2-4-15(5-3-12)26(24,25)23-13-8-14(23)10-21(9-13)17-7-6-16-19-18-11-22(16)20-17/h2-7,11,13-14H,8-10H2,1H3. The molecule has 9 heteroatoms. The summed E-state index contributed by atoms with van der Waals surface area (Å²) >= 11 is 0. The van der Waals surface area contributed by atoms with Crippen molar-refractivity contribution in [1.29, 1.82) is 0 Å². The van der Waals surface area contributed by atoms with E-state index in [-0.39, 0.29) is 12.1 Å². The lowest BCUT2D eigenvalue weighted by atomic mass is 9.91. The molecular weight excluding hydrogens is 352 g/mol. The number of hydrogen-bond donors (Lipinski definition) is 0. The summed E-state index contributed by atoms with van der Waals surface area (Å²) in [5, 5.41) is 12.3. The lowest BCUT2D eigenvalue weighted by Crippen LogP contribution is -2.70. The highest BCUT2D eigenvalue weighted by molar-refractivity contribution is 7.89. The Morgan fingerprint density at radius 3 is 2.50 bits per heavy atom. The molecule has 3 aromatic rings. The van der Waals surface area contributed by atoms with Crippen molar-refractivity contribution in [1.82, 2.24) is 24.1 Å².